The topological polar surface area (TPSA) is 79.7 Å². The predicted octanol–water partition coefficient (Wildman–Crippen LogP) is 3.96. The number of esters is 1. The highest BCUT2D eigenvalue weighted by Crippen LogP contribution is 2.25. The number of ether oxygens (including phenoxy) is 3. The summed E-state index contributed by atoms with van der Waals surface area (Å²) in [7, 11) is 2.95. The van der Waals surface area contributed by atoms with Gasteiger partial charge in [0.25, 0.3) is 0 Å². The van der Waals surface area contributed by atoms with Gasteiger partial charge in [-0.05, 0) is 37.1 Å². The Morgan fingerprint density at radius 3 is 2.59 bits per heavy atom. The lowest BCUT2D eigenvalue weighted by atomic mass is 10.1. The van der Waals surface area contributed by atoms with Gasteiger partial charge in [-0.25, -0.2) is 4.79 Å². The number of aryl methyl sites for hydroxylation is 1. The number of ketones is 1. The highest BCUT2D eigenvalue weighted by Gasteiger charge is 2.16. The maximum Gasteiger partial charge on any atom is 0.331 e. The summed E-state index contributed by atoms with van der Waals surface area (Å²) in [5.41, 5.74) is 1.62. The zero-order valence-corrected chi connectivity index (χ0v) is 17.9. The Kier molecular flexibility index (Phi) is 7.84. The van der Waals surface area contributed by atoms with Crippen molar-refractivity contribution in [1.29, 1.82) is 0 Å². The van der Waals surface area contributed by atoms with Crippen LogP contribution >= 0.6 is 11.6 Å². The van der Waals surface area contributed by atoms with Crippen molar-refractivity contribution in [3.05, 3.63) is 46.2 Å². The lowest BCUT2D eigenvalue weighted by Crippen LogP contribution is -2.13. The van der Waals surface area contributed by atoms with E-state index in [2.05, 4.69) is 18.9 Å². The number of carbonyl (C=O) groups is 2. The molecular formula is C21H25ClN2O5. The molecule has 0 spiro atoms. The Morgan fingerprint density at radius 2 is 1.97 bits per heavy atom. The summed E-state index contributed by atoms with van der Waals surface area (Å²) in [6, 6.07) is 4.83. The zero-order chi connectivity index (χ0) is 21.6. The fourth-order valence-electron chi connectivity index (χ4n) is 2.67. The third-order valence-electron chi connectivity index (χ3n) is 4.09. The Hall–Kier alpha value is -2.80. The summed E-state index contributed by atoms with van der Waals surface area (Å²) in [6.45, 7) is 6.19. The molecule has 0 aliphatic carbocycles. The molecule has 0 radical (unpaired) electrons. The van der Waals surface area contributed by atoms with Crippen LogP contribution in [0.3, 0.4) is 0 Å². The van der Waals surface area contributed by atoms with Gasteiger partial charge < -0.3 is 14.2 Å². The molecule has 8 heteroatoms. The average Bonchev–Trinajstić information content (AvgIpc) is 2.95. The standard InChI is InChI=1S/C21H25ClN2O5/c1-13(2)11-24-21(22)16(14(3)23-24)7-9-20(26)29-12-18(25)17-10-15(27-4)6-8-19(17)28-5/h6-10,13H,11-12H2,1-5H3/b9-7+. The number of rotatable bonds is 9. The minimum Gasteiger partial charge on any atom is -0.497 e. The Labute approximate surface area is 175 Å². The third-order valence-corrected chi connectivity index (χ3v) is 4.48. The zero-order valence-electron chi connectivity index (χ0n) is 17.2. The average molecular weight is 421 g/mol. The Balaban J connectivity index is 2.04. The van der Waals surface area contributed by atoms with Crippen LogP contribution in [0.25, 0.3) is 6.08 Å². The molecule has 0 amide bonds. The lowest BCUT2D eigenvalue weighted by molar-refractivity contribution is -0.136. The van der Waals surface area contributed by atoms with Crippen LogP contribution in [0, 0.1) is 12.8 Å². The summed E-state index contributed by atoms with van der Waals surface area (Å²) in [5.74, 6) is 0.202. The fourth-order valence-corrected chi connectivity index (χ4v) is 2.98. The molecule has 2 aromatic rings. The highest BCUT2D eigenvalue weighted by atomic mass is 35.5. The van der Waals surface area contributed by atoms with Crippen LogP contribution in [-0.4, -0.2) is 42.4 Å². The van der Waals surface area contributed by atoms with Gasteiger partial charge in [0, 0.05) is 18.2 Å². The van der Waals surface area contributed by atoms with E-state index in [4.69, 9.17) is 25.8 Å². The van der Waals surface area contributed by atoms with E-state index in [9.17, 15) is 9.59 Å². The van der Waals surface area contributed by atoms with E-state index in [-0.39, 0.29) is 5.56 Å². The van der Waals surface area contributed by atoms with E-state index in [1.54, 1.807) is 22.9 Å². The smallest absolute Gasteiger partial charge is 0.331 e. The van der Waals surface area contributed by atoms with Crippen molar-refractivity contribution < 1.29 is 23.8 Å². The van der Waals surface area contributed by atoms with Crippen molar-refractivity contribution in [2.45, 2.75) is 27.3 Å². The second kappa shape index (κ2) is 10.1. The molecule has 0 atom stereocenters. The Morgan fingerprint density at radius 1 is 1.24 bits per heavy atom. The fraction of sp³-hybridized carbons (Fsp3) is 0.381. The molecule has 156 valence electrons. The molecule has 0 unspecified atom stereocenters. The monoisotopic (exact) mass is 420 g/mol. The maximum absolute atomic E-state index is 12.4. The van der Waals surface area contributed by atoms with Gasteiger partial charge in [-0.3, -0.25) is 9.48 Å². The number of hydrogen-bond acceptors (Lipinski definition) is 6. The van der Waals surface area contributed by atoms with Crippen LogP contribution in [-0.2, 0) is 16.1 Å². The van der Waals surface area contributed by atoms with Gasteiger partial charge in [-0.2, -0.15) is 5.10 Å². The van der Waals surface area contributed by atoms with Gasteiger partial charge in [0.1, 0.15) is 16.7 Å². The van der Waals surface area contributed by atoms with Crippen LogP contribution in [0.4, 0.5) is 0 Å². The molecule has 1 heterocycles. The van der Waals surface area contributed by atoms with Crippen LogP contribution in [0.5, 0.6) is 11.5 Å². The van der Waals surface area contributed by atoms with E-state index in [1.165, 1.54) is 26.4 Å². The maximum atomic E-state index is 12.4. The van der Waals surface area contributed by atoms with Crippen LogP contribution < -0.4 is 9.47 Å². The van der Waals surface area contributed by atoms with Gasteiger partial charge in [-0.15, -0.1) is 0 Å². The molecule has 0 N–H and O–H groups in total. The minimum absolute atomic E-state index is 0.275. The molecule has 0 bridgehead atoms. The molecule has 29 heavy (non-hydrogen) atoms. The largest absolute Gasteiger partial charge is 0.497 e. The van der Waals surface area contributed by atoms with Gasteiger partial charge in [0.05, 0.1) is 25.5 Å². The van der Waals surface area contributed by atoms with Gasteiger partial charge in [0.2, 0.25) is 5.78 Å². The summed E-state index contributed by atoms with van der Waals surface area (Å²) in [6.07, 6.45) is 2.77. The van der Waals surface area contributed by atoms with Crippen LogP contribution in [0.2, 0.25) is 5.15 Å². The van der Waals surface area contributed by atoms with Crippen LogP contribution in [0.1, 0.15) is 35.5 Å². The molecule has 0 saturated heterocycles. The molecule has 0 fully saturated rings. The first-order chi connectivity index (χ1) is 13.8. The first-order valence-corrected chi connectivity index (χ1v) is 9.47. The second-order valence-corrected chi connectivity index (χ2v) is 7.15. The van der Waals surface area contributed by atoms with Gasteiger partial charge in [0.15, 0.2) is 6.61 Å². The summed E-state index contributed by atoms with van der Waals surface area (Å²) in [4.78, 5) is 24.5. The minimum atomic E-state index is -0.660. The molecule has 7 nitrogen and oxygen atoms in total. The second-order valence-electron chi connectivity index (χ2n) is 6.80. The number of Topliss-reactive ketones (excluding diaryl/α,β-unsaturated/α-hetero) is 1. The van der Waals surface area contributed by atoms with Gasteiger partial charge in [-0.1, -0.05) is 25.4 Å². The molecular weight excluding hydrogens is 396 g/mol. The number of halogens is 1. The van der Waals surface area contributed by atoms with Crippen molar-refractivity contribution in [3.8, 4) is 11.5 Å². The number of nitrogens with zero attached hydrogens (tertiary/aromatic N) is 2. The van der Waals surface area contributed by atoms with Crippen LogP contribution in [0.15, 0.2) is 24.3 Å². The molecule has 0 saturated carbocycles. The van der Waals surface area contributed by atoms with Crippen molar-refractivity contribution in [1.82, 2.24) is 9.78 Å². The van der Waals surface area contributed by atoms with Crippen molar-refractivity contribution >= 4 is 29.4 Å². The molecule has 2 rings (SSSR count). The number of benzene rings is 1. The third kappa shape index (κ3) is 5.84. The van der Waals surface area contributed by atoms with E-state index < -0.39 is 18.4 Å². The molecule has 0 aliphatic rings. The van der Waals surface area contributed by atoms with E-state index >= 15 is 0 Å². The first kappa shape index (κ1) is 22.5. The number of carbonyl (C=O) groups excluding carboxylic acids is 2. The highest BCUT2D eigenvalue weighted by molar-refractivity contribution is 6.31. The van der Waals surface area contributed by atoms with Crippen molar-refractivity contribution in [2.24, 2.45) is 5.92 Å². The van der Waals surface area contributed by atoms with Gasteiger partial charge >= 0.3 is 5.97 Å². The SMILES string of the molecule is COc1ccc(OC)c(C(=O)COC(=O)/C=C/c2c(C)nn(CC(C)C)c2Cl)c1. The number of methoxy groups -OCH3 is 2. The normalized spacial score (nSPS) is 11.1. The molecule has 0 aliphatic heterocycles. The summed E-state index contributed by atoms with van der Waals surface area (Å²) < 4.78 is 17.1. The number of aromatic nitrogens is 2. The van der Waals surface area contributed by atoms with Crippen molar-refractivity contribution in [2.75, 3.05) is 20.8 Å². The van der Waals surface area contributed by atoms with E-state index in [0.717, 1.165) is 0 Å². The molecule has 1 aromatic carbocycles. The number of hydrogen-bond donors (Lipinski definition) is 0. The Bertz CT molecular complexity index is 918. The van der Waals surface area contributed by atoms with E-state index in [1.807, 2.05) is 6.92 Å². The first-order valence-electron chi connectivity index (χ1n) is 9.09. The summed E-state index contributed by atoms with van der Waals surface area (Å²) >= 11 is 6.34. The van der Waals surface area contributed by atoms with Crippen molar-refractivity contribution in [3.63, 3.8) is 0 Å². The predicted molar refractivity (Wildman–Crippen MR) is 111 cm³/mol. The summed E-state index contributed by atoms with van der Waals surface area (Å²) in [5, 5.41) is 4.84. The molecule has 1 aromatic heterocycles. The van der Waals surface area contributed by atoms with E-state index in [0.29, 0.717) is 40.4 Å². The lowest BCUT2D eigenvalue weighted by Gasteiger charge is -2.09. The quantitative estimate of drug-likeness (QED) is 0.347.